The van der Waals surface area contributed by atoms with Crippen LogP contribution in [0.2, 0.25) is 0 Å². The Hall–Kier alpha value is -1.82. The van der Waals surface area contributed by atoms with Gasteiger partial charge in [0, 0.05) is 20.1 Å². The predicted octanol–water partition coefficient (Wildman–Crippen LogP) is 2.43. The number of ether oxygens (including phenoxy) is 1. The van der Waals surface area contributed by atoms with Crippen LogP contribution in [0.3, 0.4) is 0 Å². The van der Waals surface area contributed by atoms with Crippen LogP contribution in [-0.4, -0.2) is 30.7 Å². The molecule has 0 spiro atoms. The predicted molar refractivity (Wildman–Crippen MR) is 79.4 cm³/mol. The van der Waals surface area contributed by atoms with E-state index in [0.717, 1.165) is 12.2 Å². The van der Waals surface area contributed by atoms with Gasteiger partial charge in [-0.2, -0.15) is 0 Å². The van der Waals surface area contributed by atoms with Gasteiger partial charge in [0.25, 0.3) is 0 Å². The van der Waals surface area contributed by atoms with Gasteiger partial charge in [-0.15, -0.1) is 0 Å². The van der Waals surface area contributed by atoms with Crippen molar-refractivity contribution in [2.45, 2.75) is 45.1 Å². The number of hydrogen-bond donors (Lipinski definition) is 2. The Morgan fingerprint density at radius 3 is 2.64 bits per heavy atom. The first-order chi connectivity index (χ1) is 10.5. The van der Waals surface area contributed by atoms with E-state index in [1.807, 2.05) is 19.1 Å². The number of carbonyl (C=O) groups excluding carboxylic acids is 1. The third kappa shape index (κ3) is 3.68. The third-order valence-electron chi connectivity index (χ3n) is 4.31. The summed E-state index contributed by atoms with van der Waals surface area (Å²) in [6.45, 7) is 2.32. The molecule has 0 radical (unpaired) electrons. The molecule has 1 amide bonds. The topological polar surface area (TPSA) is 88.8 Å². The van der Waals surface area contributed by atoms with Gasteiger partial charge in [0.15, 0.2) is 0 Å². The molecule has 1 saturated carbocycles. The Morgan fingerprint density at radius 1 is 1.45 bits per heavy atom. The second kappa shape index (κ2) is 6.96. The van der Waals surface area contributed by atoms with Crippen molar-refractivity contribution >= 4 is 11.9 Å². The highest BCUT2D eigenvalue weighted by Gasteiger charge is 2.46. The van der Waals surface area contributed by atoms with Gasteiger partial charge in [-0.25, -0.2) is 0 Å². The van der Waals surface area contributed by atoms with Crippen LogP contribution in [0.4, 0.5) is 0 Å². The molecule has 1 fully saturated rings. The second-order valence-corrected chi connectivity index (χ2v) is 5.97. The number of furan rings is 1. The van der Waals surface area contributed by atoms with Gasteiger partial charge < -0.3 is 19.6 Å². The van der Waals surface area contributed by atoms with Gasteiger partial charge in [0.05, 0.1) is 11.5 Å². The lowest BCUT2D eigenvalue weighted by atomic mass is 9.66. The Balaban J connectivity index is 2.00. The minimum Gasteiger partial charge on any atom is -0.481 e. The smallest absolute Gasteiger partial charge is 0.310 e. The summed E-state index contributed by atoms with van der Waals surface area (Å²) < 4.78 is 10.6. The van der Waals surface area contributed by atoms with Crippen molar-refractivity contribution < 1.29 is 23.8 Å². The average Bonchev–Trinajstić information content (AvgIpc) is 2.85. The van der Waals surface area contributed by atoms with Crippen molar-refractivity contribution in [3.8, 4) is 0 Å². The van der Waals surface area contributed by atoms with Gasteiger partial charge >= 0.3 is 5.97 Å². The summed E-state index contributed by atoms with van der Waals surface area (Å²) in [6, 6.07) is 3.37. The van der Waals surface area contributed by atoms with Crippen LogP contribution >= 0.6 is 0 Å². The van der Waals surface area contributed by atoms with Crippen molar-refractivity contribution in [2.24, 2.45) is 5.41 Å². The summed E-state index contributed by atoms with van der Waals surface area (Å²) in [5.74, 6) is 0.307. The number of hydrogen-bond acceptors (Lipinski definition) is 4. The molecule has 1 aromatic rings. The zero-order valence-corrected chi connectivity index (χ0v) is 13.1. The summed E-state index contributed by atoms with van der Waals surface area (Å²) in [7, 11) is 1.60. The van der Waals surface area contributed by atoms with Crippen LogP contribution in [0.25, 0.3) is 0 Å². The third-order valence-corrected chi connectivity index (χ3v) is 4.31. The van der Waals surface area contributed by atoms with E-state index in [1.54, 1.807) is 7.11 Å². The fraction of sp³-hybridized carbons (Fsp3) is 0.625. The molecule has 2 N–H and O–H groups in total. The molecule has 0 saturated heterocycles. The second-order valence-electron chi connectivity index (χ2n) is 5.97. The van der Waals surface area contributed by atoms with E-state index in [9.17, 15) is 14.7 Å². The van der Waals surface area contributed by atoms with E-state index in [4.69, 9.17) is 9.15 Å². The van der Waals surface area contributed by atoms with E-state index in [1.165, 1.54) is 0 Å². The highest BCUT2D eigenvalue weighted by molar-refractivity contribution is 5.85. The Bertz CT molecular complexity index is 532. The van der Waals surface area contributed by atoms with Gasteiger partial charge in [0.1, 0.15) is 11.5 Å². The van der Waals surface area contributed by atoms with Crippen LogP contribution in [0.1, 0.15) is 49.7 Å². The molecule has 22 heavy (non-hydrogen) atoms. The molecule has 1 aliphatic rings. The molecule has 1 aliphatic carbocycles. The lowest BCUT2D eigenvalue weighted by molar-refractivity contribution is -0.157. The number of methoxy groups -OCH3 is 1. The van der Waals surface area contributed by atoms with Gasteiger partial charge in [0.2, 0.25) is 5.91 Å². The maximum Gasteiger partial charge on any atom is 0.310 e. The number of carboxylic acids is 1. The van der Waals surface area contributed by atoms with E-state index >= 15 is 0 Å². The SMILES string of the molecule is COCCC(NC(=O)CC1(C(=O)O)CCC1)c1ccc(C)o1. The minimum atomic E-state index is -0.880. The largest absolute Gasteiger partial charge is 0.481 e. The van der Waals surface area contributed by atoms with Gasteiger partial charge in [-0.3, -0.25) is 9.59 Å². The monoisotopic (exact) mass is 309 g/mol. The first-order valence-electron chi connectivity index (χ1n) is 7.55. The number of aryl methyl sites for hydroxylation is 1. The molecule has 0 aliphatic heterocycles. The van der Waals surface area contributed by atoms with Crippen LogP contribution in [0.15, 0.2) is 16.5 Å². The molecule has 6 nitrogen and oxygen atoms in total. The van der Waals surface area contributed by atoms with Crippen LogP contribution in [0.5, 0.6) is 0 Å². The molecule has 1 atom stereocenters. The molecule has 2 rings (SSSR count). The molecular weight excluding hydrogens is 286 g/mol. The maximum absolute atomic E-state index is 12.3. The molecular formula is C16H23NO5. The Labute approximate surface area is 129 Å². The zero-order chi connectivity index (χ0) is 16.2. The van der Waals surface area contributed by atoms with Crippen molar-refractivity contribution in [2.75, 3.05) is 13.7 Å². The van der Waals surface area contributed by atoms with Crippen LogP contribution < -0.4 is 5.32 Å². The highest BCUT2D eigenvalue weighted by Crippen LogP contribution is 2.44. The molecule has 1 unspecified atom stereocenters. The molecule has 6 heteroatoms. The van der Waals surface area contributed by atoms with Gasteiger partial charge in [-0.1, -0.05) is 6.42 Å². The number of carbonyl (C=O) groups is 2. The number of amides is 1. The summed E-state index contributed by atoms with van der Waals surface area (Å²) >= 11 is 0. The van der Waals surface area contributed by atoms with Crippen molar-refractivity contribution in [3.05, 3.63) is 23.7 Å². The molecule has 122 valence electrons. The van der Waals surface area contributed by atoms with Crippen molar-refractivity contribution in [1.82, 2.24) is 5.32 Å². The lowest BCUT2D eigenvalue weighted by Gasteiger charge is -2.37. The van der Waals surface area contributed by atoms with Crippen molar-refractivity contribution in [3.63, 3.8) is 0 Å². The zero-order valence-electron chi connectivity index (χ0n) is 13.1. The number of nitrogens with one attached hydrogen (secondary N) is 1. The summed E-state index contributed by atoms with van der Waals surface area (Å²) in [6.07, 6.45) is 2.60. The molecule has 1 heterocycles. The van der Waals surface area contributed by atoms with E-state index in [-0.39, 0.29) is 18.4 Å². The Kier molecular flexibility index (Phi) is 5.24. The maximum atomic E-state index is 12.3. The Morgan fingerprint density at radius 2 is 2.18 bits per heavy atom. The first-order valence-corrected chi connectivity index (χ1v) is 7.55. The number of aliphatic carboxylic acids is 1. The summed E-state index contributed by atoms with van der Waals surface area (Å²) in [5.41, 5.74) is -0.880. The quantitative estimate of drug-likeness (QED) is 0.770. The van der Waals surface area contributed by atoms with Crippen LogP contribution in [-0.2, 0) is 14.3 Å². The van der Waals surface area contributed by atoms with E-state index in [0.29, 0.717) is 31.6 Å². The number of rotatable bonds is 8. The minimum absolute atomic E-state index is 0.0194. The standard InChI is InChI=1S/C16H23NO5/c1-11-4-5-13(22-11)12(6-9-21-2)17-14(18)10-16(15(19)20)7-3-8-16/h4-5,12H,3,6-10H2,1-2H3,(H,17,18)(H,19,20). The fourth-order valence-electron chi connectivity index (χ4n) is 2.78. The molecule has 0 aromatic carbocycles. The van der Waals surface area contributed by atoms with Crippen molar-refractivity contribution in [1.29, 1.82) is 0 Å². The highest BCUT2D eigenvalue weighted by atomic mass is 16.5. The van der Waals surface area contributed by atoms with Crippen LogP contribution in [0, 0.1) is 12.3 Å². The first kappa shape index (κ1) is 16.5. The average molecular weight is 309 g/mol. The molecule has 1 aromatic heterocycles. The van der Waals surface area contributed by atoms with Gasteiger partial charge in [-0.05, 0) is 38.3 Å². The molecule has 0 bridgehead atoms. The number of carboxylic acid groups (broad SMARTS) is 1. The van der Waals surface area contributed by atoms with E-state index in [2.05, 4.69) is 5.32 Å². The normalized spacial score (nSPS) is 17.5. The summed E-state index contributed by atoms with van der Waals surface area (Å²) in [4.78, 5) is 23.6. The lowest BCUT2D eigenvalue weighted by Crippen LogP contribution is -2.43. The summed E-state index contributed by atoms with van der Waals surface area (Å²) in [5, 5.41) is 12.2. The fourth-order valence-corrected chi connectivity index (χ4v) is 2.78. The van der Waals surface area contributed by atoms with E-state index < -0.39 is 11.4 Å².